The summed E-state index contributed by atoms with van der Waals surface area (Å²) in [4.78, 5) is 154. The molecule has 0 aliphatic carbocycles. The normalized spacial score (nSPS) is 22.5. The molecule has 1 aliphatic heterocycles. The second kappa shape index (κ2) is 33.2. The average Bonchev–Trinajstić information content (AvgIpc) is 3.42. The zero-order valence-electron chi connectivity index (χ0n) is 54.2. The van der Waals surface area contributed by atoms with E-state index in [1.165, 1.54) is 99.6 Å². The molecule has 3 N–H and O–H groups in total. The monoisotopic (exact) mass is 1170 g/mol. The van der Waals surface area contributed by atoms with Gasteiger partial charge in [0.2, 0.25) is 47.3 Å². The standard InChI is InChI=1S/C61H104N10O12/c1-23-39(10)50-54(74)63-40(11)55(75)69(19)47(32-35(2)3)53(73)64-45(34-43-27-29-44(82-22)30-28-43)52(72)62-31-25-24-26-46(58(78)66(16)42(13)57(77)71(50)21)68(18)59(79)48(33-36(4)5)70(20)56(76)41(12)67(17)60(80)51(38(8)9)83-61(81)49(37(6)7)65(14)15/h27-30,35-42,45-51H,23-26,31-34H2,1-22H3,(H,62,72)(H,63,74)(H,64,73)/t39-,40-,41-,42-,45-,46+,47-,48-,49-,50-,51+/m0/s1. The van der Waals surface area contributed by atoms with Crippen molar-refractivity contribution in [2.45, 2.75) is 195 Å². The molecule has 9 amide bonds. The van der Waals surface area contributed by atoms with Gasteiger partial charge in [-0.2, -0.15) is 0 Å². The molecule has 83 heavy (non-hydrogen) atoms. The molecule has 0 radical (unpaired) electrons. The lowest BCUT2D eigenvalue weighted by Gasteiger charge is -2.40. The highest BCUT2D eigenvalue weighted by atomic mass is 16.6. The molecule has 2 rings (SSSR count). The fourth-order valence-electron chi connectivity index (χ4n) is 10.5. The average molecular weight is 1170 g/mol. The van der Waals surface area contributed by atoms with Crippen molar-refractivity contribution in [1.29, 1.82) is 0 Å². The topological polar surface area (TPSA) is 248 Å². The Hall–Kier alpha value is -6.32. The van der Waals surface area contributed by atoms with Crippen LogP contribution < -0.4 is 20.7 Å². The molecule has 1 heterocycles. The van der Waals surface area contributed by atoms with Gasteiger partial charge in [0, 0.05) is 55.3 Å². The van der Waals surface area contributed by atoms with Crippen LogP contribution in [0.25, 0.3) is 0 Å². The number of methoxy groups -OCH3 is 1. The van der Waals surface area contributed by atoms with Crippen LogP contribution in [0.3, 0.4) is 0 Å². The molecular weight excluding hydrogens is 1060 g/mol. The van der Waals surface area contributed by atoms with Gasteiger partial charge in [0.25, 0.3) is 5.91 Å². The SMILES string of the molecule is CC[C@H](C)[C@H]1C(=O)N[C@@H](C)C(=O)N(C)[C@@H](CC(C)C)C(=O)N[C@@H](Cc2ccc(OC)cc2)C(=O)NCCCC[C@@H](N(C)C(=O)[C@H](CC(C)C)N(C)C(=O)[C@H](C)N(C)C(=O)[C@H](OC(=O)[C@H](C(C)C)N(C)C)C(C)C)C(=O)N(C)[C@@H](C)C(=O)N1C. The number of nitrogens with zero attached hydrogens (tertiary/aromatic N) is 7. The van der Waals surface area contributed by atoms with E-state index >= 15 is 9.59 Å². The number of rotatable bonds is 20. The first-order valence-electron chi connectivity index (χ1n) is 29.6. The zero-order valence-corrected chi connectivity index (χ0v) is 54.2. The molecule has 1 aromatic rings. The molecule has 22 heteroatoms. The summed E-state index contributed by atoms with van der Waals surface area (Å²) in [7, 11) is 13.8. The maximum absolute atomic E-state index is 15.1. The molecule has 470 valence electrons. The predicted octanol–water partition coefficient (Wildman–Crippen LogP) is 3.82. The Balaban J connectivity index is 2.74. The summed E-state index contributed by atoms with van der Waals surface area (Å²) >= 11 is 0. The summed E-state index contributed by atoms with van der Waals surface area (Å²) < 4.78 is 11.2. The van der Waals surface area contributed by atoms with Gasteiger partial charge in [0.05, 0.1) is 7.11 Å². The van der Waals surface area contributed by atoms with Crippen molar-refractivity contribution in [3.8, 4) is 5.75 Å². The molecule has 0 saturated carbocycles. The number of benzene rings is 1. The van der Waals surface area contributed by atoms with Crippen molar-refractivity contribution in [3.05, 3.63) is 29.8 Å². The van der Waals surface area contributed by atoms with Gasteiger partial charge in [-0.15, -0.1) is 0 Å². The molecule has 0 bridgehead atoms. The highest BCUT2D eigenvalue weighted by molar-refractivity contribution is 5.98. The number of hydrogen-bond acceptors (Lipinski definition) is 13. The Morgan fingerprint density at radius 1 is 0.675 bits per heavy atom. The lowest BCUT2D eigenvalue weighted by molar-refractivity contribution is -0.169. The number of hydrogen-bond donors (Lipinski definition) is 3. The summed E-state index contributed by atoms with van der Waals surface area (Å²) in [5, 5.41) is 8.65. The lowest BCUT2D eigenvalue weighted by atomic mass is 9.95. The van der Waals surface area contributed by atoms with Gasteiger partial charge < -0.3 is 54.8 Å². The van der Waals surface area contributed by atoms with Crippen LogP contribution in [0.5, 0.6) is 5.75 Å². The van der Waals surface area contributed by atoms with E-state index in [2.05, 4.69) is 16.0 Å². The third-order valence-electron chi connectivity index (χ3n) is 16.2. The molecule has 11 atom stereocenters. The van der Waals surface area contributed by atoms with E-state index in [9.17, 15) is 38.4 Å². The Labute approximate surface area is 495 Å². The van der Waals surface area contributed by atoms with Crippen LogP contribution >= 0.6 is 0 Å². The minimum atomic E-state index is -1.21. The van der Waals surface area contributed by atoms with Crippen molar-refractivity contribution in [3.63, 3.8) is 0 Å². The highest BCUT2D eigenvalue weighted by Crippen LogP contribution is 2.24. The summed E-state index contributed by atoms with van der Waals surface area (Å²) in [6.45, 7) is 23.2. The molecule has 0 aromatic heterocycles. The fraction of sp³-hybridized carbons (Fsp3) is 0.738. The number of carbonyl (C=O) groups is 10. The third kappa shape index (κ3) is 19.9. The van der Waals surface area contributed by atoms with Gasteiger partial charge in [0.15, 0.2) is 6.10 Å². The van der Waals surface area contributed by atoms with Gasteiger partial charge in [-0.1, -0.05) is 87.8 Å². The van der Waals surface area contributed by atoms with E-state index in [-0.39, 0.29) is 56.4 Å². The predicted molar refractivity (Wildman–Crippen MR) is 319 cm³/mol. The summed E-state index contributed by atoms with van der Waals surface area (Å²) in [5.41, 5.74) is 0.719. The van der Waals surface area contributed by atoms with Crippen molar-refractivity contribution < 1.29 is 57.4 Å². The first kappa shape index (κ1) is 72.8. The Kier molecular flexibility index (Phi) is 29.2. The van der Waals surface area contributed by atoms with Crippen LogP contribution in [-0.4, -0.2) is 224 Å². The summed E-state index contributed by atoms with van der Waals surface area (Å²) in [5.74, 6) is -6.40. The van der Waals surface area contributed by atoms with Crippen molar-refractivity contribution >= 4 is 59.1 Å². The largest absolute Gasteiger partial charge is 0.497 e. The molecule has 1 aliphatic rings. The van der Waals surface area contributed by atoms with E-state index in [4.69, 9.17) is 9.47 Å². The van der Waals surface area contributed by atoms with Crippen LogP contribution in [0.2, 0.25) is 0 Å². The molecule has 1 fully saturated rings. The highest BCUT2D eigenvalue weighted by Gasteiger charge is 2.43. The maximum atomic E-state index is 15.1. The van der Waals surface area contributed by atoms with Crippen LogP contribution in [-0.2, 0) is 59.1 Å². The number of carbonyl (C=O) groups excluding carboxylic acids is 10. The molecule has 1 aromatic carbocycles. The van der Waals surface area contributed by atoms with Crippen LogP contribution in [0.1, 0.15) is 134 Å². The fourth-order valence-corrected chi connectivity index (χ4v) is 10.5. The Bertz CT molecular complexity index is 2360. The Morgan fingerprint density at radius 3 is 1.77 bits per heavy atom. The molecule has 0 spiro atoms. The minimum Gasteiger partial charge on any atom is -0.497 e. The van der Waals surface area contributed by atoms with Crippen LogP contribution in [0.15, 0.2) is 24.3 Å². The van der Waals surface area contributed by atoms with E-state index in [0.717, 1.165) is 5.56 Å². The van der Waals surface area contributed by atoms with Crippen LogP contribution in [0, 0.1) is 29.6 Å². The Morgan fingerprint density at radius 2 is 1.27 bits per heavy atom. The second-order valence-electron chi connectivity index (χ2n) is 24.6. The smallest absolute Gasteiger partial charge is 0.324 e. The van der Waals surface area contributed by atoms with Gasteiger partial charge in [0.1, 0.15) is 60.1 Å². The maximum Gasteiger partial charge on any atom is 0.324 e. The third-order valence-corrected chi connectivity index (χ3v) is 16.2. The van der Waals surface area contributed by atoms with Gasteiger partial charge >= 0.3 is 5.97 Å². The van der Waals surface area contributed by atoms with E-state index in [0.29, 0.717) is 18.6 Å². The molecule has 1 saturated heterocycles. The second-order valence-corrected chi connectivity index (χ2v) is 24.6. The number of likely N-dealkylation sites (N-methyl/N-ethyl adjacent to an activating group) is 7. The summed E-state index contributed by atoms with van der Waals surface area (Å²) in [6, 6.07) is -2.60. The molecule has 22 nitrogen and oxygen atoms in total. The molecule has 0 unspecified atom stereocenters. The van der Waals surface area contributed by atoms with Gasteiger partial charge in [-0.25, -0.2) is 0 Å². The summed E-state index contributed by atoms with van der Waals surface area (Å²) in [6.07, 6.45) is 0.373. The lowest BCUT2D eigenvalue weighted by Crippen LogP contribution is -2.61. The number of ether oxygens (including phenoxy) is 2. The minimum absolute atomic E-state index is 0.0532. The first-order chi connectivity index (χ1) is 38.6. The zero-order chi connectivity index (χ0) is 63.7. The molecular formula is C61H104N10O12. The quantitative estimate of drug-likeness (QED) is 0.157. The number of amides is 9. The van der Waals surface area contributed by atoms with Crippen molar-refractivity contribution in [2.24, 2.45) is 29.6 Å². The van der Waals surface area contributed by atoms with E-state index < -0.39 is 131 Å². The number of esters is 1. The van der Waals surface area contributed by atoms with Crippen LogP contribution in [0.4, 0.5) is 0 Å². The van der Waals surface area contributed by atoms with Crippen molar-refractivity contribution in [1.82, 2.24) is 50.2 Å². The van der Waals surface area contributed by atoms with Gasteiger partial charge in [-0.3, -0.25) is 52.8 Å². The first-order valence-corrected chi connectivity index (χ1v) is 29.6. The van der Waals surface area contributed by atoms with Gasteiger partial charge in [-0.05, 0) is 114 Å². The van der Waals surface area contributed by atoms with E-state index in [1.807, 2.05) is 48.5 Å². The van der Waals surface area contributed by atoms with E-state index in [1.54, 1.807) is 64.0 Å². The number of nitrogens with one attached hydrogen (secondary N) is 3. The van der Waals surface area contributed by atoms with Crippen molar-refractivity contribution in [2.75, 3.05) is 70.0 Å².